The van der Waals surface area contributed by atoms with Crippen LogP contribution in [0.1, 0.15) is 51.4 Å². The molecular formula is C38H32. The molecule has 0 aliphatic heterocycles. The molecule has 0 spiro atoms. The Bertz CT molecular complexity index is 1630. The van der Waals surface area contributed by atoms with Crippen LogP contribution in [0.4, 0.5) is 0 Å². The van der Waals surface area contributed by atoms with Crippen LogP contribution < -0.4 is 0 Å². The molecule has 0 heteroatoms. The van der Waals surface area contributed by atoms with Gasteiger partial charge in [-0.15, -0.1) is 0 Å². The summed E-state index contributed by atoms with van der Waals surface area (Å²) in [5, 5.41) is 0. The molecule has 0 atom stereocenters. The molecule has 1 aliphatic carbocycles. The molecule has 0 saturated heterocycles. The number of hydrogen-bond donors (Lipinski definition) is 0. The molecule has 1 aliphatic rings. The number of aryl methyl sites for hydroxylation is 2. The van der Waals surface area contributed by atoms with Crippen molar-refractivity contribution in [1.82, 2.24) is 0 Å². The normalized spacial score (nSPS) is 13.3. The summed E-state index contributed by atoms with van der Waals surface area (Å²) >= 11 is 0. The molecule has 0 aromatic heterocycles. The fourth-order valence-electron chi connectivity index (χ4n) is 6.23. The molecular weight excluding hydrogens is 456 g/mol. The second kappa shape index (κ2) is 9.47. The maximum atomic E-state index is 4.17. The van der Waals surface area contributed by atoms with Crippen molar-refractivity contribution in [3.8, 4) is 22.3 Å². The number of hydrogen-bond acceptors (Lipinski definition) is 0. The van der Waals surface area contributed by atoms with Crippen LogP contribution in [0.3, 0.4) is 0 Å². The zero-order valence-corrected chi connectivity index (χ0v) is 22.3. The summed E-state index contributed by atoms with van der Waals surface area (Å²) in [4.78, 5) is 0. The van der Waals surface area contributed by atoms with E-state index in [2.05, 4.69) is 149 Å². The van der Waals surface area contributed by atoms with Gasteiger partial charge < -0.3 is 0 Å². The van der Waals surface area contributed by atoms with Crippen LogP contribution in [-0.2, 0) is 5.41 Å². The maximum Gasteiger partial charge on any atom is 0.0713 e. The number of rotatable bonds is 5. The summed E-state index contributed by atoms with van der Waals surface area (Å²) in [5.74, 6) is 0. The molecule has 0 saturated carbocycles. The minimum absolute atomic E-state index is 0.404. The van der Waals surface area contributed by atoms with Gasteiger partial charge in [0.15, 0.2) is 0 Å². The summed E-state index contributed by atoms with van der Waals surface area (Å²) in [5.41, 5.74) is 14.8. The average molecular weight is 489 g/mol. The van der Waals surface area contributed by atoms with E-state index in [0.29, 0.717) is 0 Å². The van der Waals surface area contributed by atoms with Crippen molar-refractivity contribution in [1.29, 1.82) is 0 Å². The lowest BCUT2D eigenvalue weighted by Crippen LogP contribution is -2.28. The Morgan fingerprint density at radius 1 is 0.605 bits per heavy atom. The lowest BCUT2D eigenvalue weighted by Gasteiger charge is -2.34. The molecule has 0 bridgehead atoms. The SMILES string of the molecule is C=Cc1c(/C=C\C)cccc1-c1ccc2c(c1)C(c1ccc(C)cc1)(c1ccc(C)cc1)c1ccccc1-2. The van der Waals surface area contributed by atoms with E-state index in [0.717, 1.165) is 5.56 Å². The highest BCUT2D eigenvalue weighted by atomic mass is 14.5. The van der Waals surface area contributed by atoms with E-state index in [9.17, 15) is 0 Å². The predicted molar refractivity (Wildman–Crippen MR) is 163 cm³/mol. The lowest BCUT2D eigenvalue weighted by molar-refractivity contribution is 0.768. The molecule has 0 nitrogen and oxygen atoms in total. The molecule has 0 unspecified atom stereocenters. The van der Waals surface area contributed by atoms with Gasteiger partial charge in [-0.05, 0) is 82.5 Å². The quantitative estimate of drug-likeness (QED) is 0.226. The van der Waals surface area contributed by atoms with Gasteiger partial charge >= 0.3 is 0 Å². The zero-order valence-electron chi connectivity index (χ0n) is 22.3. The smallest absolute Gasteiger partial charge is 0.0713 e. The van der Waals surface area contributed by atoms with Gasteiger partial charge in [-0.3, -0.25) is 0 Å². The van der Waals surface area contributed by atoms with Gasteiger partial charge in [-0.1, -0.05) is 139 Å². The van der Waals surface area contributed by atoms with E-state index in [4.69, 9.17) is 0 Å². The highest BCUT2D eigenvalue weighted by Gasteiger charge is 2.46. The van der Waals surface area contributed by atoms with Crippen LogP contribution in [0.5, 0.6) is 0 Å². The van der Waals surface area contributed by atoms with Crippen LogP contribution in [-0.4, -0.2) is 0 Å². The minimum atomic E-state index is -0.404. The van der Waals surface area contributed by atoms with Crippen LogP contribution in [0.2, 0.25) is 0 Å². The first-order chi connectivity index (χ1) is 18.6. The molecule has 5 aromatic rings. The third-order valence-electron chi connectivity index (χ3n) is 8.02. The van der Waals surface area contributed by atoms with E-state index in [1.165, 1.54) is 61.2 Å². The van der Waals surface area contributed by atoms with Gasteiger partial charge in [0, 0.05) is 0 Å². The Labute approximate surface area is 226 Å². The van der Waals surface area contributed by atoms with Gasteiger partial charge in [-0.25, -0.2) is 0 Å². The summed E-state index contributed by atoms with van der Waals surface area (Å²) in [6.45, 7) is 10.5. The van der Waals surface area contributed by atoms with Gasteiger partial charge in [0.25, 0.3) is 0 Å². The minimum Gasteiger partial charge on any atom is -0.0984 e. The first-order valence-corrected chi connectivity index (χ1v) is 13.3. The van der Waals surface area contributed by atoms with E-state index < -0.39 is 5.41 Å². The van der Waals surface area contributed by atoms with Crippen LogP contribution in [0.15, 0.2) is 122 Å². The summed E-state index contributed by atoms with van der Waals surface area (Å²) in [7, 11) is 0. The monoisotopic (exact) mass is 488 g/mol. The van der Waals surface area contributed by atoms with Gasteiger partial charge in [0.05, 0.1) is 5.41 Å². The van der Waals surface area contributed by atoms with Gasteiger partial charge in [0.2, 0.25) is 0 Å². The highest BCUT2D eigenvalue weighted by Crippen LogP contribution is 2.56. The van der Waals surface area contributed by atoms with Crippen molar-refractivity contribution in [2.24, 2.45) is 0 Å². The van der Waals surface area contributed by atoms with Crippen molar-refractivity contribution in [3.05, 3.63) is 166 Å². The fraction of sp³-hybridized carbons (Fsp3) is 0.105. The summed E-state index contributed by atoms with van der Waals surface area (Å²) in [6.07, 6.45) is 6.23. The van der Waals surface area contributed by atoms with E-state index >= 15 is 0 Å². The molecule has 38 heavy (non-hydrogen) atoms. The second-order valence-electron chi connectivity index (χ2n) is 10.3. The average Bonchev–Trinajstić information content (AvgIpc) is 3.24. The Kier molecular flexibility index (Phi) is 5.97. The molecule has 5 aromatic carbocycles. The van der Waals surface area contributed by atoms with Crippen LogP contribution in [0.25, 0.3) is 34.4 Å². The standard InChI is InChI=1S/C38H32/c1-5-10-28-11-9-13-33(32(28)6-2)29-19-24-35-34-12-7-8-14-36(34)38(37(35)25-29,30-20-15-26(3)16-21-30)31-22-17-27(4)18-23-31/h5-25H,2H2,1,3-4H3/b10-5-. The molecule has 0 fully saturated rings. The van der Waals surface area contributed by atoms with E-state index in [1.54, 1.807) is 0 Å². The maximum absolute atomic E-state index is 4.17. The molecule has 0 heterocycles. The van der Waals surface area contributed by atoms with Crippen LogP contribution >= 0.6 is 0 Å². The van der Waals surface area contributed by atoms with E-state index in [1.807, 2.05) is 6.08 Å². The molecule has 0 N–H and O–H groups in total. The Hall–Kier alpha value is -4.42. The topological polar surface area (TPSA) is 0 Å². The Morgan fingerprint density at radius 2 is 1.21 bits per heavy atom. The van der Waals surface area contributed by atoms with Crippen molar-refractivity contribution in [2.45, 2.75) is 26.2 Å². The number of fused-ring (bicyclic) bond motifs is 3. The highest BCUT2D eigenvalue weighted by molar-refractivity contribution is 5.90. The Morgan fingerprint density at radius 3 is 1.84 bits per heavy atom. The molecule has 6 rings (SSSR count). The first kappa shape index (κ1) is 23.9. The van der Waals surface area contributed by atoms with Crippen molar-refractivity contribution >= 4 is 12.2 Å². The third-order valence-corrected chi connectivity index (χ3v) is 8.02. The second-order valence-corrected chi connectivity index (χ2v) is 10.3. The lowest BCUT2D eigenvalue weighted by atomic mass is 9.67. The summed E-state index contributed by atoms with van der Waals surface area (Å²) < 4.78 is 0. The number of benzene rings is 5. The fourth-order valence-corrected chi connectivity index (χ4v) is 6.23. The van der Waals surface area contributed by atoms with Crippen molar-refractivity contribution < 1.29 is 0 Å². The largest absolute Gasteiger partial charge is 0.0984 e. The number of allylic oxidation sites excluding steroid dienone is 1. The van der Waals surface area contributed by atoms with Gasteiger partial charge in [-0.2, -0.15) is 0 Å². The van der Waals surface area contributed by atoms with Crippen LogP contribution in [0, 0.1) is 13.8 Å². The van der Waals surface area contributed by atoms with E-state index in [-0.39, 0.29) is 0 Å². The third kappa shape index (κ3) is 3.60. The molecule has 184 valence electrons. The van der Waals surface area contributed by atoms with Gasteiger partial charge in [0.1, 0.15) is 0 Å². The zero-order chi connectivity index (χ0) is 26.3. The summed E-state index contributed by atoms with van der Waals surface area (Å²) in [6, 6.07) is 40.7. The van der Waals surface area contributed by atoms with Crippen molar-refractivity contribution in [3.63, 3.8) is 0 Å². The molecule has 0 amide bonds. The first-order valence-electron chi connectivity index (χ1n) is 13.3. The molecule has 0 radical (unpaired) electrons. The van der Waals surface area contributed by atoms with Crippen molar-refractivity contribution in [2.75, 3.05) is 0 Å². The predicted octanol–water partition coefficient (Wildman–Crippen LogP) is 10.0. The Balaban J connectivity index is 1.71.